The van der Waals surface area contributed by atoms with E-state index in [1.54, 1.807) is 0 Å². The molecule has 0 aromatic heterocycles. The van der Waals surface area contributed by atoms with Gasteiger partial charge in [-0.05, 0) is 0 Å². The molecule has 0 fully saturated rings. The molecule has 0 aromatic rings. The molecule has 0 amide bonds. The van der Waals surface area contributed by atoms with Gasteiger partial charge in [0.2, 0.25) is 0 Å². The Morgan fingerprint density at radius 2 is 2.50 bits per heavy atom. The molecule has 0 aromatic carbocycles. The molecule has 34 valence electrons. The van der Waals surface area contributed by atoms with Crippen LogP contribution in [0, 0.1) is 4.91 Å². The second-order valence-electron chi connectivity index (χ2n) is 0.832. The van der Waals surface area contributed by atoms with Gasteiger partial charge in [-0.3, -0.25) is 0 Å². The van der Waals surface area contributed by atoms with Crippen LogP contribution in [-0.4, -0.2) is 5.78 Å². The van der Waals surface area contributed by atoms with Crippen molar-refractivity contribution in [2.24, 2.45) is 5.18 Å². The van der Waals surface area contributed by atoms with Crippen LogP contribution in [0.5, 0.6) is 0 Å². The molecule has 0 saturated heterocycles. The van der Waals surface area contributed by atoms with E-state index < -0.39 is 0 Å². The lowest BCUT2D eigenvalue weighted by Gasteiger charge is -1.82. The first-order chi connectivity index (χ1) is 2.81. The normalized spacial score (nSPS) is 12.8. The molecular weight excluding hydrogens is 97.0 g/mol. The van der Waals surface area contributed by atoms with Gasteiger partial charge in [-0.25, -0.2) is 0 Å². The quantitative estimate of drug-likeness (QED) is 0.292. The topological polar surface area (TPSA) is 29.4 Å². The van der Waals surface area contributed by atoms with Crippen molar-refractivity contribution >= 4 is 9.24 Å². The zero-order valence-electron chi connectivity index (χ0n) is 3.29. The van der Waals surface area contributed by atoms with E-state index in [9.17, 15) is 4.91 Å². The molecule has 0 saturated carbocycles. The van der Waals surface area contributed by atoms with Gasteiger partial charge in [0.15, 0.2) is 0 Å². The van der Waals surface area contributed by atoms with Crippen molar-refractivity contribution in [2.45, 2.75) is 5.78 Å². The predicted molar refractivity (Wildman–Crippen MR) is 29.5 cm³/mol. The standard InChI is InChI=1S/C3H6NOP/c1-2-3(6)4-5/h2-3H,1,6H2. The summed E-state index contributed by atoms with van der Waals surface area (Å²) in [6.45, 7) is 3.32. The van der Waals surface area contributed by atoms with Crippen molar-refractivity contribution in [1.29, 1.82) is 0 Å². The van der Waals surface area contributed by atoms with Crippen LogP contribution in [-0.2, 0) is 0 Å². The summed E-state index contributed by atoms with van der Waals surface area (Å²) in [6, 6.07) is 0. The van der Waals surface area contributed by atoms with Gasteiger partial charge in [-0.1, -0.05) is 11.3 Å². The summed E-state index contributed by atoms with van der Waals surface area (Å²) >= 11 is 0. The maximum absolute atomic E-state index is 9.39. The number of rotatable bonds is 2. The van der Waals surface area contributed by atoms with Gasteiger partial charge in [-0.2, -0.15) is 0 Å². The van der Waals surface area contributed by atoms with E-state index in [2.05, 4.69) is 21.0 Å². The van der Waals surface area contributed by atoms with E-state index in [0.717, 1.165) is 0 Å². The fourth-order valence-corrected chi connectivity index (χ4v) is 0.0430. The Morgan fingerprint density at radius 3 is 2.50 bits per heavy atom. The van der Waals surface area contributed by atoms with Gasteiger partial charge in [0.25, 0.3) is 0 Å². The molecular formula is C3H6NOP. The van der Waals surface area contributed by atoms with Crippen LogP contribution in [0.25, 0.3) is 0 Å². The largest absolute Gasteiger partial charge is 0.150 e. The summed E-state index contributed by atoms with van der Waals surface area (Å²) < 4.78 is 0. The monoisotopic (exact) mass is 103 g/mol. The minimum Gasteiger partial charge on any atom is -0.150 e. The van der Waals surface area contributed by atoms with Crippen molar-refractivity contribution in [3.8, 4) is 0 Å². The Labute approximate surface area is 38.8 Å². The van der Waals surface area contributed by atoms with Gasteiger partial charge in [0.1, 0.15) is 5.78 Å². The molecule has 0 heterocycles. The number of hydrogen-bond donors (Lipinski definition) is 0. The summed E-state index contributed by atoms with van der Waals surface area (Å²) in [5.41, 5.74) is 0. The summed E-state index contributed by atoms with van der Waals surface area (Å²) in [5, 5.41) is 2.60. The van der Waals surface area contributed by atoms with Crippen molar-refractivity contribution in [1.82, 2.24) is 0 Å². The fraction of sp³-hybridized carbons (Fsp3) is 0.333. The summed E-state index contributed by atoms with van der Waals surface area (Å²) in [5.74, 6) is -0.315. The molecule has 2 atom stereocenters. The lowest BCUT2D eigenvalue weighted by molar-refractivity contribution is 1.15. The van der Waals surface area contributed by atoms with Gasteiger partial charge in [0.05, 0.1) is 0 Å². The average molecular weight is 103 g/mol. The Hall–Kier alpha value is -0.230. The Kier molecular flexibility index (Phi) is 2.87. The third-order valence-corrected chi connectivity index (χ3v) is 0.757. The van der Waals surface area contributed by atoms with Crippen LogP contribution < -0.4 is 0 Å². The highest BCUT2D eigenvalue weighted by Gasteiger charge is 1.85. The van der Waals surface area contributed by atoms with E-state index >= 15 is 0 Å². The zero-order chi connectivity index (χ0) is 4.99. The molecule has 0 N–H and O–H groups in total. The maximum atomic E-state index is 9.39. The number of nitrogens with zero attached hydrogens (tertiary/aromatic N) is 1. The molecule has 3 heteroatoms. The van der Waals surface area contributed by atoms with E-state index in [4.69, 9.17) is 0 Å². The Bertz CT molecular complexity index is 55.8. The highest BCUT2D eigenvalue weighted by molar-refractivity contribution is 7.17. The Balaban J connectivity index is 3.21. The van der Waals surface area contributed by atoms with Gasteiger partial charge in [-0.15, -0.1) is 20.7 Å². The molecule has 0 aliphatic rings. The number of nitroso groups, excluding NO2 is 1. The first kappa shape index (κ1) is 5.77. The highest BCUT2D eigenvalue weighted by atomic mass is 31.0. The maximum Gasteiger partial charge on any atom is 0.123 e. The van der Waals surface area contributed by atoms with Crippen molar-refractivity contribution in [2.75, 3.05) is 0 Å². The van der Waals surface area contributed by atoms with E-state index in [0.29, 0.717) is 0 Å². The van der Waals surface area contributed by atoms with E-state index in [-0.39, 0.29) is 5.78 Å². The highest BCUT2D eigenvalue weighted by Crippen LogP contribution is 1.98. The molecule has 0 aliphatic heterocycles. The van der Waals surface area contributed by atoms with Crippen LogP contribution in [0.3, 0.4) is 0 Å². The molecule has 2 unspecified atom stereocenters. The van der Waals surface area contributed by atoms with E-state index in [1.807, 2.05) is 0 Å². The minimum atomic E-state index is -0.315. The molecule has 0 rings (SSSR count). The van der Waals surface area contributed by atoms with Crippen LogP contribution in [0.2, 0.25) is 0 Å². The van der Waals surface area contributed by atoms with Crippen molar-refractivity contribution in [3.05, 3.63) is 17.6 Å². The lowest BCUT2D eigenvalue weighted by Crippen LogP contribution is -1.78. The second-order valence-corrected chi connectivity index (χ2v) is 1.51. The molecule has 0 aliphatic carbocycles. The zero-order valence-corrected chi connectivity index (χ0v) is 4.45. The van der Waals surface area contributed by atoms with Gasteiger partial charge < -0.3 is 0 Å². The summed E-state index contributed by atoms with van der Waals surface area (Å²) in [7, 11) is 2.21. The van der Waals surface area contributed by atoms with E-state index in [1.165, 1.54) is 6.08 Å². The average Bonchev–Trinajstić information content (AvgIpc) is 1.65. The first-order valence-electron chi connectivity index (χ1n) is 1.52. The SMILES string of the molecule is C=CC(P)N=O. The molecule has 0 bridgehead atoms. The van der Waals surface area contributed by atoms with Crippen LogP contribution in [0.4, 0.5) is 0 Å². The second kappa shape index (κ2) is 2.98. The third-order valence-electron chi connectivity index (χ3n) is 0.363. The predicted octanol–water partition coefficient (Wildman–Crippen LogP) is 1.14. The van der Waals surface area contributed by atoms with Gasteiger partial charge in [0, 0.05) is 0 Å². The van der Waals surface area contributed by atoms with Gasteiger partial charge >= 0.3 is 0 Å². The minimum absolute atomic E-state index is 0.315. The van der Waals surface area contributed by atoms with Crippen molar-refractivity contribution in [3.63, 3.8) is 0 Å². The summed E-state index contributed by atoms with van der Waals surface area (Å²) in [6.07, 6.45) is 1.46. The molecule has 2 nitrogen and oxygen atoms in total. The lowest BCUT2D eigenvalue weighted by atomic mass is 10.7. The molecule has 0 radical (unpaired) electrons. The van der Waals surface area contributed by atoms with Crippen LogP contribution >= 0.6 is 9.24 Å². The van der Waals surface area contributed by atoms with Crippen molar-refractivity contribution < 1.29 is 0 Å². The van der Waals surface area contributed by atoms with Crippen LogP contribution in [0.15, 0.2) is 17.8 Å². The Morgan fingerprint density at radius 1 is 2.00 bits per heavy atom. The molecule has 6 heavy (non-hydrogen) atoms. The van der Waals surface area contributed by atoms with Crippen LogP contribution in [0.1, 0.15) is 0 Å². The molecule has 0 spiro atoms. The first-order valence-corrected chi connectivity index (χ1v) is 2.18. The number of hydrogen-bond acceptors (Lipinski definition) is 2. The smallest absolute Gasteiger partial charge is 0.123 e. The summed E-state index contributed by atoms with van der Waals surface area (Å²) in [4.78, 5) is 9.39. The fourth-order valence-electron chi connectivity index (χ4n) is 0.0430. The third kappa shape index (κ3) is 2.04.